The van der Waals surface area contributed by atoms with Crippen LogP contribution in [0.25, 0.3) is 0 Å². The highest BCUT2D eigenvalue weighted by molar-refractivity contribution is 5.45. The molecule has 3 nitrogen and oxygen atoms in total. The van der Waals surface area contributed by atoms with Crippen LogP contribution >= 0.6 is 0 Å². The molecule has 0 atom stereocenters. The number of aromatic hydroxyl groups is 1. The maximum atomic E-state index is 9.96. The van der Waals surface area contributed by atoms with E-state index < -0.39 is 0 Å². The maximum Gasteiger partial charge on any atom is 0.162 e. The lowest BCUT2D eigenvalue weighted by Gasteiger charge is -2.17. The normalized spacial score (nSPS) is 10.8. The van der Waals surface area contributed by atoms with Gasteiger partial charge in [-0.2, -0.15) is 0 Å². The molecule has 3 heteroatoms. The molecule has 0 saturated heterocycles. The van der Waals surface area contributed by atoms with Gasteiger partial charge in [-0.3, -0.25) is 0 Å². The minimum Gasteiger partial charge on any atom is -0.504 e. The molecular weight excluding hydrogens is 214 g/mol. The molecule has 1 aromatic rings. The Labute approximate surface area is 104 Å². The molecule has 0 bridgehead atoms. The lowest BCUT2D eigenvalue weighted by Crippen LogP contribution is -2.19. The summed E-state index contributed by atoms with van der Waals surface area (Å²) in [6.07, 6.45) is 3.70. The zero-order chi connectivity index (χ0) is 12.7. The summed E-state index contributed by atoms with van der Waals surface area (Å²) in [6, 6.07) is 5.62. The SMILES string of the molecule is CCCCCN(C)Cc1cccc(OC)c1O. The Morgan fingerprint density at radius 3 is 2.71 bits per heavy atom. The Balaban J connectivity index is 2.55. The minimum atomic E-state index is 0.261. The van der Waals surface area contributed by atoms with Gasteiger partial charge in [0.2, 0.25) is 0 Å². The zero-order valence-corrected chi connectivity index (χ0v) is 11.1. The van der Waals surface area contributed by atoms with E-state index >= 15 is 0 Å². The van der Waals surface area contributed by atoms with Crippen LogP contribution in [0.15, 0.2) is 18.2 Å². The fourth-order valence-electron chi connectivity index (χ4n) is 1.86. The molecular formula is C14H23NO2. The second kappa shape index (κ2) is 7.17. The van der Waals surface area contributed by atoms with E-state index in [0.29, 0.717) is 5.75 Å². The molecule has 0 amide bonds. The molecule has 0 aromatic heterocycles. The quantitative estimate of drug-likeness (QED) is 0.740. The van der Waals surface area contributed by atoms with Crippen LogP contribution in [0.3, 0.4) is 0 Å². The highest BCUT2D eigenvalue weighted by atomic mass is 16.5. The van der Waals surface area contributed by atoms with Crippen molar-refractivity contribution in [2.24, 2.45) is 0 Å². The van der Waals surface area contributed by atoms with Crippen LogP contribution in [0, 0.1) is 0 Å². The molecule has 0 aliphatic carbocycles. The molecule has 0 heterocycles. The predicted molar refractivity (Wildman–Crippen MR) is 70.5 cm³/mol. The van der Waals surface area contributed by atoms with Crippen molar-refractivity contribution in [1.29, 1.82) is 0 Å². The summed E-state index contributed by atoms with van der Waals surface area (Å²) in [6.45, 7) is 4.02. The van der Waals surface area contributed by atoms with Gasteiger partial charge in [0.15, 0.2) is 11.5 Å². The lowest BCUT2D eigenvalue weighted by atomic mass is 10.1. The summed E-state index contributed by atoms with van der Waals surface area (Å²) in [4.78, 5) is 2.23. The van der Waals surface area contributed by atoms with Crippen LogP contribution in [0.5, 0.6) is 11.5 Å². The van der Waals surface area contributed by atoms with Gasteiger partial charge in [0.05, 0.1) is 7.11 Å². The van der Waals surface area contributed by atoms with Crippen molar-refractivity contribution in [3.05, 3.63) is 23.8 Å². The van der Waals surface area contributed by atoms with Crippen LogP contribution in [0.4, 0.5) is 0 Å². The molecule has 0 aliphatic rings. The fraction of sp³-hybridized carbons (Fsp3) is 0.571. The molecule has 1 N–H and O–H groups in total. The number of para-hydroxylation sites is 1. The molecule has 0 radical (unpaired) electrons. The number of methoxy groups -OCH3 is 1. The molecule has 1 aromatic carbocycles. The van der Waals surface area contributed by atoms with Crippen molar-refractivity contribution >= 4 is 0 Å². The van der Waals surface area contributed by atoms with E-state index in [-0.39, 0.29) is 5.75 Å². The van der Waals surface area contributed by atoms with Gasteiger partial charge in [-0.25, -0.2) is 0 Å². The number of hydrogen-bond acceptors (Lipinski definition) is 3. The largest absolute Gasteiger partial charge is 0.504 e. The van der Waals surface area contributed by atoms with E-state index in [1.807, 2.05) is 12.1 Å². The minimum absolute atomic E-state index is 0.261. The fourth-order valence-corrected chi connectivity index (χ4v) is 1.86. The number of ether oxygens (including phenoxy) is 1. The average Bonchev–Trinajstić information content (AvgIpc) is 2.32. The van der Waals surface area contributed by atoms with Crippen molar-refractivity contribution in [3.8, 4) is 11.5 Å². The molecule has 17 heavy (non-hydrogen) atoms. The van der Waals surface area contributed by atoms with Crippen LogP contribution in [0.1, 0.15) is 31.7 Å². The molecule has 0 aliphatic heterocycles. The number of phenolic OH excluding ortho intramolecular Hbond substituents is 1. The monoisotopic (exact) mass is 237 g/mol. The van der Waals surface area contributed by atoms with Crippen molar-refractivity contribution in [1.82, 2.24) is 4.90 Å². The van der Waals surface area contributed by atoms with Crippen LogP contribution in [-0.2, 0) is 6.54 Å². The molecule has 0 spiro atoms. The lowest BCUT2D eigenvalue weighted by molar-refractivity contribution is 0.307. The summed E-state index contributed by atoms with van der Waals surface area (Å²) >= 11 is 0. The van der Waals surface area contributed by atoms with Crippen LogP contribution < -0.4 is 4.74 Å². The molecule has 0 fully saturated rings. The van der Waals surface area contributed by atoms with Crippen LogP contribution in [0.2, 0.25) is 0 Å². The van der Waals surface area contributed by atoms with E-state index in [2.05, 4.69) is 18.9 Å². The third kappa shape index (κ3) is 4.27. The number of unbranched alkanes of at least 4 members (excludes halogenated alkanes) is 2. The van der Waals surface area contributed by atoms with Crippen molar-refractivity contribution in [2.45, 2.75) is 32.7 Å². The standard InChI is InChI=1S/C14H23NO2/c1-4-5-6-10-15(2)11-12-8-7-9-13(17-3)14(12)16/h7-9,16H,4-6,10-11H2,1-3H3. The Morgan fingerprint density at radius 1 is 1.29 bits per heavy atom. The van der Waals surface area contributed by atoms with E-state index in [1.54, 1.807) is 13.2 Å². The zero-order valence-electron chi connectivity index (χ0n) is 11.1. The van der Waals surface area contributed by atoms with Gasteiger partial charge >= 0.3 is 0 Å². The second-order valence-electron chi connectivity index (χ2n) is 4.41. The van der Waals surface area contributed by atoms with Crippen LogP contribution in [-0.4, -0.2) is 30.7 Å². The van der Waals surface area contributed by atoms with E-state index in [1.165, 1.54) is 19.3 Å². The van der Waals surface area contributed by atoms with Gasteiger partial charge in [0, 0.05) is 12.1 Å². The molecule has 0 saturated carbocycles. The summed E-state index contributed by atoms with van der Waals surface area (Å²) in [5.41, 5.74) is 0.920. The highest BCUT2D eigenvalue weighted by Gasteiger charge is 2.09. The number of nitrogens with zero attached hydrogens (tertiary/aromatic N) is 1. The third-order valence-electron chi connectivity index (χ3n) is 2.89. The molecule has 96 valence electrons. The number of benzene rings is 1. The Hall–Kier alpha value is -1.22. The first-order chi connectivity index (χ1) is 8.19. The Morgan fingerprint density at radius 2 is 2.06 bits per heavy atom. The average molecular weight is 237 g/mol. The van der Waals surface area contributed by atoms with Crippen molar-refractivity contribution in [3.63, 3.8) is 0 Å². The third-order valence-corrected chi connectivity index (χ3v) is 2.89. The van der Waals surface area contributed by atoms with Gasteiger partial charge in [-0.1, -0.05) is 31.9 Å². The first-order valence-corrected chi connectivity index (χ1v) is 6.22. The summed E-state index contributed by atoms with van der Waals surface area (Å²) in [5, 5.41) is 9.96. The summed E-state index contributed by atoms with van der Waals surface area (Å²) < 4.78 is 5.10. The van der Waals surface area contributed by atoms with Gasteiger partial charge < -0.3 is 14.7 Å². The molecule has 0 unspecified atom stereocenters. The van der Waals surface area contributed by atoms with Gasteiger partial charge in [-0.15, -0.1) is 0 Å². The first-order valence-electron chi connectivity index (χ1n) is 6.22. The topological polar surface area (TPSA) is 32.7 Å². The van der Waals surface area contributed by atoms with Gasteiger partial charge in [0.25, 0.3) is 0 Å². The predicted octanol–water partition coefficient (Wildman–Crippen LogP) is 3.02. The number of phenols is 1. The summed E-state index contributed by atoms with van der Waals surface area (Å²) in [7, 11) is 3.65. The van der Waals surface area contributed by atoms with Gasteiger partial charge in [-0.05, 0) is 26.1 Å². The number of hydrogen-bond donors (Lipinski definition) is 1. The van der Waals surface area contributed by atoms with E-state index in [4.69, 9.17) is 4.74 Å². The summed E-state index contributed by atoms with van der Waals surface area (Å²) in [5.74, 6) is 0.807. The van der Waals surface area contributed by atoms with E-state index in [9.17, 15) is 5.11 Å². The first kappa shape index (κ1) is 13.8. The van der Waals surface area contributed by atoms with Crippen molar-refractivity contribution in [2.75, 3.05) is 20.7 Å². The maximum absolute atomic E-state index is 9.96. The van der Waals surface area contributed by atoms with E-state index in [0.717, 1.165) is 18.7 Å². The number of rotatable bonds is 7. The second-order valence-corrected chi connectivity index (χ2v) is 4.41. The van der Waals surface area contributed by atoms with Gasteiger partial charge in [0.1, 0.15) is 0 Å². The van der Waals surface area contributed by atoms with Crippen molar-refractivity contribution < 1.29 is 9.84 Å². The Kier molecular flexibility index (Phi) is 5.84. The smallest absolute Gasteiger partial charge is 0.162 e. The Bertz CT molecular complexity index is 339. The molecule has 1 rings (SSSR count). The highest BCUT2D eigenvalue weighted by Crippen LogP contribution is 2.29.